The molecule has 0 bridgehead atoms. The van der Waals surface area contributed by atoms with Crippen molar-refractivity contribution in [3.05, 3.63) is 23.8 Å². The predicted octanol–water partition coefficient (Wildman–Crippen LogP) is 3.03. The van der Waals surface area contributed by atoms with Gasteiger partial charge in [0.25, 0.3) is 0 Å². The van der Waals surface area contributed by atoms with Crippen LogP contribution in [-0.4, -0.2) is 18.8 Å². The molecule has 0 saturated heterocycles. The van der Waals surface area contributed by atoms with Gasteiger partial charge in [0.2, 0.25) is 10.0 Å². The number of rotatable bonds is 4. The molecule has 19 heavy (non-hydrogen) atoms. The van der Waals surface area contributed by atoms with Crippen LogP contribution in [0.2, 0.25) is 0 Å². The molecule has 0 spiro atoms. The normalized spacial score (nSPS) is 17.3. The van der Waals surface area contributed by atoms with Gasteiger partial charge in [-0.3, -0.25) is 4.72 Å². The molecule has 0 amide bonds. The van der Waals surface area contributed by atoms with E-state index >= 15 is 0 Å². The molecule has 1 aromatic carbocycles. The van der Waals surface area contributed by atoms with Gasteiger partial charge in [-0.15, -0.1) is 0 Å². The number of hydrogen-bond acceptors (Lipinski definition) is 3. The van der Waals surface area contributed by atoms with E-state index in [9.17, 15) is 13.5 Å². The van der Waals surface area contributed by atoms with Crippen LogP contribution in [0.15, 0.2) is 18.2 Å². The van der Waals surface area contributed by atoms with E-state index in [2.05, 4.69) is 4.72 Å². The molecular formula is C14H21NO3S. The van der Waals surface area contributed by atoms with Gasteiger partial charge < -0.3 is 5.11 Å². The Morgan fingerprint density at radius 3 is 2.58 bits per heavy atom. The second kappa shape index (κ2) is 5.82. The average molecular weight is 283 g/mol. The van der Waals surface area contributed by atoms with Crippen molar-refractivity contribution in [2.45, 2.75) is 50.7 Å². The van der Waals surface area contributed by atoms with Crippen molar-refractivity contribution in [2.24, 2.45) is 0 Å². The Bertz CT molecular complexity index is 534. The van der Waals surface area contributed by atoms with Crippen LogP contribution in [-0.2, 0) is 16.4 Å². The van der Waals surface area contributed by atoms with E-state index in [-0.39, 0.29) is 11.0 Å². The average Bonchev–Trinajstić information content (AvgIpc) is 2.42. The second-order valence-corrected chi connectivity index (χ2v) is 7.07. The fourth-order valence-electron chi connectivity index (χ4n) is 2.50. The van der Waals surface area contributed by atoms with Gasteiger partial charge in [-0.05, 0) is 37.0 Å². The fourth-order valence-corrected chi connectivity index (χ4v) is 4.09. The molecule has 0 atom stereocenters. The number of aryl methyl sites for hydroxylation is 1. The van der Waals surface area contributed by atoms with Gasteiger partial charge >= 0.3 is 0 Å². The number of sulfonamides is 1. The summed E-state index contributed by atoms with van der Waals surface area (Å²) in [5.74, 6) is -0.0171. The maximum atomic E-state index is 12.3. The minimum Gasteiger partial charge on any atom is -0.506 e. The first-order chi connectivity index (χ1) is 9.03. The monoisotopic (exact) mass is 283 g/mol. The van der Waals surface area contributed by atoms with Crippen LogP contribution in [0, 0.1) is 0 Å². The number of phenolic OH excluding ortho intramolecular Hbond substituents is 1. The number of hydrogen-bond donors (Lipinski definition) is 2. The van der Waals surface area contributed by atoms with Crippen LogP contribution in [0.4, 0.5) is 5.69 Å². The lowest BCUT2D eigenvalue weighted by molar-refractivity contribution is 0.475. The molecule has 2 N–H and O–H groups in total. The van der Waals surface area contributed by atoms with Crippen molar-refractivity contribution in [1.82, 2.24) is 0 Å². The molecule has 0 aromatic heterocycles. The summed E-state index contributed by atoms with van der Waals surface area (Å²) in [6.07, 6.45) is 5.27. The van der Waals surface area contributed by atoms with Gasteiger partial charge in [0.15, 0.2) is 0 Å². The van der Waals surface area contributed by atoms with Crippen molar-refractivity contribution < 1.29 is 13.5 Å². The maximum absolute atomic E-state index is 12.3. The van der Waals surface area contributed by atoms with E-state index < -0.39 is 10.0 Å². The summed E-state index contributed by atoms with van der Waals surface area (Å²) in [5, 5.41) is 9.44. The van der Waals surface area contributed by atoms with Crippen LogP contribution >= 0.6 is 0 Å². The smallest absolute Gasteiger partial charge is 0.235 e. The number of phenols is 1. The lowest BCUT2D eigenvalue weighted by Crippen LogP contribution is -2.29. The number of nitrogens with one attached hydrogen (secondary N) is 1. The Morgan fingerprint density at radius 2 is 1.95 bits per heavy atom. The highest BCUT2D eigenvalue weighted by atomic mass is 32.2. The van der Waals surface area contributed by atoms with Crippen molar-refractivity contribution in [3.8, 4) is 5.75 Å². The zero-order valence-corrected chi connectivity index (χ0v) is 12.0. The molecule has 0 heterocycles. The highest BCUT2D eigenvalue weighted by Crippen LogP contribution is 2.29. The van der Waals surface area contributed by atoms with Gasteiger partial charge in [0.1, 0.15) is 5.75 Å². The third-order valence-electron chi connectivity index (χ3n) is 3.71. The molecule has 1 aliphatic carbocycles. The topological polar surface area (TPSA) is 66.4 Å². The Morgan fingerprint density at radius 1 is 1.26 bits per heavy atom. The van der Waals surface area contributed by atoms with Crippen LogP contribution in [0.3, 0.4) is 0 Å². The lowest BCUT2D eigenvalue weighted by atomic mass is 10.0. The number of anilines is 1. The summed E-state index contributed by atoms with van der Waals surface area (Å²) >= 11 is 0. The van der Waals surface area contributed by atoms with Crippen molar-refractivity contribution in [1.29, 1.82) is 0 Å². The highest BCUT2D eigenvalue weighted by Gasteiger charge is 2.27. The number of benzene rings is 1. The molecule has 5 heteroatoms. The van der Waals surface area contributed by atoms with Gasteiger partial charge in [-0.25, -0.2) is 8.42 Å². The second-order valence-electron chi connectivity index (χ2n) is 5.11. The predicted molar refractivity (Wildman–Crippen MR) is 76.9 cm³/mol. The van der Waals surface area contributed by atoms with E-state index in [0.717, 1.165) is 31.2 Å². The third-order valence-corrected chi connectivity index (χ3v) is 5.57. The summed E-state index contributed by atoms with van der Waals surface area (Å²) in [5.41, 5.74) is 1.30. The molecule has 4 nitrogen and oxygen atoms in total. The minimum absolute atomic E-state index is 0.0171. The molecule has 106 valence electrons. The highest BCUT2D eigenvalue weighted by molar-refractivity contribution is 7.93. The molecule has 1 aromatic rings. The van der Waals surface area contributed by atoms with Crippen LogP contribution < -0.4 is 4.72 Å². The van der Waals surface area contributed by atoms with Crippen LogP contribution in [0.25, 0.3) is 0 Å². The van der Waals surface area contributed by atoms with E-state index in [1.807, 2.05) is 6.92 Å². The Hall–Kier alpha value is -1.23. The first-order valence-electron chi connectivity index (χ1n) is 6.86. The van der Waals surface area contributed by atoms with Gasteiger partial charge in [0, 0.05) is 0 Å². The molecule has 1 fully saturated rings. The maximum Gasteiger partial charge on any atom is 0.235 e. The summed E-state index contributed by atoms with van der Waals surface area (Å²) in [6.45, 7) is 1.99. The lowest BCUT2D eigenvalue weighted by Gasteiger charge is -2.22. The Labute approximate surface area is 114 Å². The largest absolute Gasteiger partial charge is 0.506 e. The molecular weight excluding hydrogens is 262 g/mol. The fraction of sp³-hybridized carbons (Fsp3) is 0.571. The first kappa shape index (κ1) is 14.2. The molecule has 0 unspecified atom stereocenters. The van der Waals surface area contributed by atoms with Gasteiger partial charge in [0.05, 0.1) is 10.9 Å². The summed E-state index contributed by atoms with van der Waals surface area (Å²) in [7, 11) is -3.39. The van der Waals surface area contributed by atoms with Crippen molar-refractivity contribution in [2.75, 3.05) is 4.72 Å². The zero-order valence-electron chi connectivity index (χ0n) is 11.2. The van der Waals surface area contributed by atoms with Gasteiger partial charge in [-0.2, -0.15) is 0 Å². The van der Waals surface area contributed by atoms with Crippen LogP contribution in [0.1, 0.15) is 44.6 Å². The molecule has 1 aliphatic rings. The SMILES string of the molecule is CCc1ccc(O)c(NS(=O)(=O)C2CCCCC2)c1. The van der Waals surface area contributed by atoms with Crippen LogP contribution in [0.5, 0.6) is 5.75 Å². The Kier molecular flexibility index (Phi) is 4.34. The van der Waals surface area contributed by atoms with Crippen molar-refractivity contribution in [3.63, 3.8) is 0 Å². The quantitative estimate of drug-likeness (QED) is 0.835. The summed E-state index contributed by atoms with van der Waals surface area (Å²) < 4.78 is 27.1. The first-order valence-corrected chi connectivity index (χ1v) is 8.41. The minimum atomic E-state index is -3.39. The molecule has 0 radical (unpaired) electrons. The van der Waals surface area contributed by atoms with E-state index in [4.69, 9.17) is 0 Å². The summed E-state index contributed by atoms with van der Waals surface area (Å²) in [6, 6.07) is 5.04. The van der Waals surface area contributed by atoms with Crippen molar-refractivity contribution >= 4 is 15.7 Å². The number of aromatic hydroxyl groups is 1. The molecule has 0 aliphatic heterocycles. The van der Waals surface area contributed by atoms with E-state index in [0.29, 0.717) is 18.5 Å². The third kappa shape index (κ3) is 3.41. The van der Waals surface area contributed by atoms with Gasteiger partial charge in [-0.1, -0.05) is 32.3 Å². The molecule has 1 saturated carbocycles. The van der Waals surface area contributed by atoms with E-state index in [1.165, 1.54) is 6.07 Å². The summed E-state index contributed by atoms with van der Waals surface area (Å²) in [4.78, 5) is 0. The van der Waals surface area contributed by atoms with E-state index in [1.54, 1.807) is 12.1 Å². The molecule has 2 rings (SSSR count). The zero-order chi connectivity index (χ0) is 13.9. The Balaban J connectivity index is 2.19. The standard InChI is InChI=1S/C14H21NO3S/c1-2-11-8-9-14(16)13(10-11)15-19(17,18)12-6-4-3-5-7-12/h8-10,12,15-16H,2-7H2,1H3.